The van der Waals surface area contributed by atoms with Crippen LogP contribution >= 0.6 is 0 Å². The van der Waals surface area contributed by atoms with Gasteiger partial charge < -0.3 is 20.1 Å². The first-order chi connectivity index (χ1) is 8.16. The highest BCUT2D eigenvalue weighted by molar-refractivity contribution is 5.65. The van der Waals surface area contributed by atoms with Gasteiger partial charge in [0, 0.05) is 44.8 Å². The Morgan fingerprint density at radius 2 is 2.35 bits per heavy atom. The lowest BCUT2D eigenvalue weighted by atomic mass is 10.1. The van der Waals surface area contributed by atoms with Crippen molar-refractivity contribution in [3.8, 4) is 0 Å². The first-order valence-electron chi connectivity index (χ1n) is 6.20. The van der Waals surface area contributed by atoms with E-state index >= 15 is 0 Å². The number of carboxylic acid groups (broad SMARTS) is 1. The number of nitrogens with zero attached hydrogens (tertiary/aromatic N) is 2. The van der Waals surface area contributed by atoms with E-state index in [0.717, 1.165) is 32.8 Å². The van der Waals surface area contributed by atoms with E-state index in [0.29, 0.717) is 19.1 Å². The molecule has 2 fully saturated rings. The van der Waals surface area contributed by atoms with E-state index in [-0.39, 0.29) is 6.04 Å². The van der Waals surface area contributed by atoms with Crippen molar-refractivity contribution in [2.24, 2.45) is 0 Å². The van der Waals surface area contributed by atoms with Crippen LogP contribution in [-0.4, -0.2) is 79.0 Å². The highest BCUT2D eigenvalue weighted by atomic mass is 16.5. The van der Waals surface area contributed by atoms with Crippen LogP contribution in [0.5, 0.6) is 0 Å². The molecule has 6 heteroatoms. The average Bonchev–Trinajstić information content (AvgIpc) is 2.32. The van der Waals surface area contributed by atoms with E-state index in [1.807, 2.05) is 0 Å². The molecule has 0 unspecified atom stereocenters. The van der Waals surface area contributed by atoms with Gasteiger partial charge in [-0.25, -0.2) is 4.79 Å². The molecule has 0 saturated carbocycles. The molecule has 2 saturated heterocycles. The van der Waals surface area contributed by atoms with Gasteiger partial charge in [0.25, 0.3) is 0 Å². The molecule has 0 aromatic heterocycles. The highest BCUT2D eigenvalue weighted by Gasteiger charge is 2.27. The molecular formula is C11H21N3O3. The van der Waals surface area contributed by atoms with Crippen LogP contribution in [0.3, 0.4) is 0 Å². The summed E-state index contributed by atoms with van der Waals surface area (Å²) < 4.78 is 5.39. The molecule has 0 radical (unpaired) electrons. The number of amides is 1. The fourth-order valence-electron chi connectivity index (χ4n) is 2.44. The maximum absolute atomic E-state index is 10.9. The van der Waals surface area contributed by atoms with Crippen LogP contribution in [0, 0.1) is 0 Å². The van der Waals surface area contributed by atoms with Gasteiger partial charge in [0.1, 0.15) is 0 Å². The maximum Gasteiger partial charge on any atom is 0.407 e. The van der Waals surface area contributed by atoms with Gasteiger partial charge in [-0.3, -0.25) is 4.90 Å². The van der Waals surface area contributed by atoms with Crippen LogP contribution in [0.2, 0.25) is 0 Å². The SMILES string of the molecule is C[C@H]1COCCN1C[C@H]1CN(C(=O)O)CCN1. The van der Waals surface area contributed by atoms with Gasteiger partial charge in [0.15, 0.2) is 0 Å². The average molecular weight is 243 g/mol. The van der Waals surface area contributed by atoms with Crippen molar-refractivity contribution in [3.63, 3.8) is 0 Å². The Hall–Kier alpha value is -0.850. The van der Waals surface area contributed by atoms with E-state index < -0.39 is 6.09 Å². The molecule has 0 aromatic rings. The second-order valence-electron chi connectivity index (χ2n) is 4.80. The second kappa shape index (κ2) is 5.66. The third-order valence-corrected chi connectivity index (χ3v) is 3.49. The monoisotopic (exact) mass is 243 g/mol. The standard InChI is InChI=1S/C11H21N3O3/c1-9-8-17-5-4-13(9)6-10-7-14(11(15)16)3-2-12-10/h9-10,12H,2-8H2,1H3,(H,15,16)/t9-,10-/m0/s1. The minimum absolute atomic E-state index is 0.236. The van der Waals surface area contributed by atoms with E-state index in [9.17, 15) is 4.79 Å². The van der Waals surface area contributed by atoms with E-state index in [1.165, 1.54) is 4.90 Å². The number of hydrogen-bond acceptors (Lipinski definition) is 4. The molecule has 0 bridgehead atoms. The summed E-state index contributed by atoms with van der Waals surface area (Å²) in [5.74, 6) is 0. The van der Waals surface area contributed by atoms with Gasteiger partial charge in [-0.2, -0.15) is 0 Å². The molecule has 1 amide bonds. The van der Waals surface area contributed by atoms with E-state index in [4.69, 9.17) is 9.84 Å². The van der Waals surface area contributed by atoms with Crippen LogP contribution in [-0.2, 0) is 4.74 Å². The Bertz CT molecular complexity index is 275. The predicted molar refractivity (Wildman–Crippen MR) is 63.2 cm³/mol. The Labute approximate surface area is 102 Å². The van der Waals surface area contributed by atoms with Crippen molar-refractivity contribution in [2.45, 2.75) is 19.0 Å². The molecule has 0 aromatic carbocycles. The molecule has 2 N–H and O–H groups in total. The lowest BCUT2D eigenvalue weighted by Crippen LogP contribution is -2.58. The highest BCUT2D eigenvalue weighted by Crippen LogP contribution is 2.09. The lowest BCUT2D eigenvalue weighted by Gasteiger charge is -2.39. The number of ether oxygens (including phenoxy) is 1. The number of piperazine rings is 1. The third kappa shape index (κ3) is 3.31. The molecule has 0 spiro atoms. The van der Waals surface area contributed by atoms with Crippen LogP contribution in [0.1, 0.15) is 6.92 Å². The number of morpholine rings is 1. The van der Waals surface area contributed by atoms with Gasteiger partial charge in [-0.15, -0.1) is 0 Å². The molecule has 2 aliphatic heterocycles. The summed E-state index contributed by atoms with van der Waals surface area (Å²) in [6, 6.07) is 0.658. The fraction of sp³-hybridized carbons (Fsp3) is 0.909. The van der Waals surface area contributed by atoms with Crippen LogP contribution < -0.4 is 5.32 Å². The molecule has 98 valence electrons. The minimum Gasteiger partial charge on any atom is -0.465 e. The number of nitrogens with one attached hydrogen (secondary N) is 1. The summed E-state index contributed by atoms with van der Waals surface area (Å²) in [6.45, 7) is 7.45. The van der Waals surface area contributed by atoms with Crippen molar-refractivity contribution in [1.29, 1.82) is 0 Å². The Kier molecular flexibility index (Phi) is 4.20. The van der Waals surface area contributed by atoms with E-state index in [2.05, 4.69) is 17.1 Å². The number of hydrogen-bond donors (Lipinski definition) is 2. The van der Waals surface area contributed by atoms with E-state index in [1.54, 1.807) is 0 Å². The zero-order chi connectivity index (χ0) is 12.3. The van der Waals surface area contributed by atoms with Crippen LogP contribution in [0.4, 0.5) is 4.79 Å². The Morgan fingerprint density at radius 3 is 3.06 bits per heavy atom. The normalized spacial score (nSPS) is 31.5. The molecule has 2 rings (SSSR count). The first-order valence-corrected chi connectivity index (χ1v) is 6.20. The first kappa shape index (κ1) is 12.6. The molecule has 6 nitrogen and oxygen atoms in total. The zero-order valence-electron chi connectivity index (χ0n) is 10.3. The lowest BCUT2D eigenvalue weighted by molar-refractivity contribution is -0.00746. The minimum atomic E-state index is -0.813. The van der Waals surface area contributed by atoms with Gasteiger partial charge in [0.05, 0.1) is 13.2 Å². The van der Waals surface area contributed by atoms with Crippen molar-refractivity contribution in [2.75, 3.05) is 45.9 Å². The molecular weight excluding hydrogens is 222 g/mol. The summed E-state index contributed by atoms with van der Waals surface area (Å²) in [6.07, 6.45) is -0.813. The number of rotatable bonds is 2. The summed E-state index contributed by atoms with van der Waals surface area (Å²) in [5.41, 5.74) is 0. The van der Waals surface area contributed by atoms with Crippen molar-refractivity contribution < 1.29 is 14.6 Å². The predicted octanol–water partition coefficient (Wildman–Crippen LogP) is -0.341. The summed E-state index contributed by atoms with van der Waals surface area (Å²) in [4.78, 5) is 14.8. The van der Waals surface area contributed by atoms with Crippen LogP contribution in [0.15, 0.2) is 0 Å². The molecule has 2 aliphatic rings. The van der Waals surface area contributed by atoms with Gasteiger partial charge >= 0.3 is 6.09 Å². The summed E-state index contributed by atoms with van der Waals surface area (Å²) in [7, 11) is 0. The maximum atomic E-state index is 10.9. The Balaban J connectivity index is 1.83. The van der Waals surface area contributed by atoms with Gasteiger partial charge in [0.2, 0.25) is 0 Å². The molecule has 2 atom stereocenters. The van der Waals surface area contributed by atoms with Gasteiger partial charge in [-0.1, -0.05) is 0 Å². The quantitative estimate of drug-likeness (QED) is 0.694. The van der Waals surface area contributed by atoms with Crippen LogP contribution in [0.25, 0.3) is 0 Å². The Morgan fingerprint density at radius 1 is 1.53 bits per heavy atom. The van der Waals surface area contributed by atoms with Crippen molar-refractivity contribution in [1.82, 2.24) is 15.1 Å². The topological polar surface area (TPSA) is 65.0 Å². The van der Waals surface area contributed by atoms with Crippen molar-refractivity contribution >= 4 is 6.09 Å². The molecule has 0 aliphatic carbocycles. The number of carbonyl (C=O) groups is 1. The van der Waals surface area contributed by atoms with Gasteiger partial charge in [-0.05, 0) is 6.92 Å². The smallest absolute Gasteiger partial charge is 0.407 e. The summed E-state index contributed by atoms with van der Waals surface area (Å²) >= 11 is 0. The fourth-order valence-corrected chi connectivity index (χ4v) is 2.44. The third-order valence-electron chi connectivity index (χ3n) is 3.49. The molecule has 17 heavy (non-hydrogen) atoms. The summed E-state index contributed by atoms with van der Waals surface area (Å²) in [5, 5.41) is 12.4. The second-order valence-corrected chi connectivity index (χ2v) is 4.80. The zero-order valence-corrected chi connectivity index (χ0v) is 10.3. The largest absolute Gasteiger partial charge is 0.465 e. The van der Waals surface area contributed by atoms with Crippen molar-refractivity contribution in [3.05, 3.63) is 0 Å². The molecule has 2 heterocycles.